The summed E-state index contributed by atoms with van der Waals surface area (Å²) < 4.78 is 6.00. The lowest BCUT2D eigenvalue weighted by molar-refractivity contribution is -0.0172. The molecule has 118 valence electrons. The largest absolute Gasteiger partial charge is 0.380 e. The first-order valence-corrected chi connectivity index (χ1v) is 8.85. The molecular weight excluding hydrogens is 246 g/mol. The fourth-order valence-electron chi connectivity index (χ4n) is 5.07. The highest BCUT2D eigenvalue weighted by atomic mass is 16.5. The minimum absolute atomic E-state index is 0.419. The van der Waals surface area contributed by atoms with Gasteiger partial charge in [-0.15, -0.1) is 0 Å². The Morgan fingerprint density at radius 3 is 2.00 bits per heavy atom. The van der Waals surface area contributed by atoms with Crippen LogP contribution in [0.4, 0.5) is 0 Å². The molecule has 0 heterocycles. The van der Waals surface area contributed by atoms with E-state index in [1.165, 1.54) is 51.4 Å². The van der Waals surface area contributed by atoms with Crippen molar-refractivity contribution in [3.63, 3.8) is 0 Å². The van der Waals surface area contributed by atoms with Crippen molar-refractivity contribution < 1.29 is 4.74 Å². The fourth-order valence-corrected chi connectivity index (χ4v) is 5.07. The summed E-state index contributed by atoms with van der Waals surface area (Å²) in [5.74, 6) is 3.33. The van der Waals surface area contributed by atoms with Gasteiger partial charge in [0.15, 0.2) is 0 Å². The summed E-state index contributed by atoms with van der Waals surface area (Å²) >= 11 is 0. The van der Waals surface area contributed by atoms with E-state index >= 15 is 0 Å². The third kappa shape index (κ3) is 3.98. The highest BCUT2D eigenvalue weighted by Gasteiger charge is 2.37. The van der Waals surface area contributed by atoms with E-state index in [4.69, 9.17) is 4.74 Å². The first-order chi connectivity index (χ1) is 9.65. The van der Waals surface area contributed by atoms with Gasteiger partial charge in [0, 0.05) is 13.2 Å². The zero-order chi connectivity index (χ0) is 14.5. The molecule has 4 atom stereocenters. The molecule has 4 unspecified atom stereocenters. The van der Waals surface area contributed by atoms with Gasteiger partial charge in [-0.1, -0.05) is 33.1 Å². The molecule has 0 saturated heterocycles. The molecule has 2 fully saturated rings. The quantitative estimate of drug-likeness (QED) is 0.813. The monoisotopic (exact) mass is 281 g/mol. The van der Waals surface area contributed by atoms with Crippen LogP contribution < -0.4 is 5.32 Å². The van der Waals surface area contributed by atoms with Gasteiger partial charge in [-0.3, -0.25) is 0 Å². The third-order valence-corrected chi connectivity index (χ3v) is 5.80. The minimum Gasteiger partial charge on any atom is -0.380 e. The Kier molecular flexibility index (Phi) is 6.35. The van der Waals surface area contributed by atoms with Crippen LogP contribution in [0.5, 0.6) is 0 Å². The molecule has 2 rings (SSSR count). The number of ether oxygens (including phenoxy) is 1. The summed E-state index contributed by atoms with van der Waals surface area (Å²) in [6, 6.07) is 0.549. The van der Waals surface area contributed by atoms with Gasteiger partial charge in [0.05, 0.1) is 6.10 Å². The van der Waals surface area contributed by atoms with Gasteiger partial charge in [0.2, 0.25) is 0 Å². The number of hydrogen-bond donors (Lipinski definition) is 1. The zero-order valence-corrected chi connectivity index (χ0v) is 14.0. The molecule has 0 aromatic carbocycles. The molecule has 0 bridgehead atoms. The van der Waals surface area contributed by atoms with Crippen LogP contribution in [0.25, 0.3) is 0 Å². The normalized spacial score (nSPS) is 35.7. The van der Waals surface area contributed by atoms with Crippen molar-refractivity contribution in [2.24, 2.45) is 23.7 Å². The average Bonchev–Trinajstić information content (AvgIpc) is 2.44. The van der Waals surface area contributed by atoms with Crippen molar-refractivity contribution in [2.45, 2.75) is 77.4 Å². The Morgan fingerprint density at radius 2 is 1.50 bits per heavy atom. The standard InChI is InChI=1S/C18H35NO/c1-13-10-14(2)12-16(11-13)17(19-3)18(20-4)15-8-6-5-7-9-15/h13-19H,5-12H2,1-4H3. The number of hydrogen-bond acceptors (Lipinski definition) is 2. The summed E-state index contributed by atoms with van der Waals surface area (Å²) in [5, 5.41) is 3.64. The minimum atomic E-state index is 0.419. The molecule has 0 aliphatic heterocycles. The van der Waals surface area contributed by atoms with E-state index in [-0.39, 0.29) is 0 Å². The number of nitrogens with one attached hydrogen (secondary N) is 1. The van der Waals surface area contributed by atoms with E-state index in [2.05, 4.69) is 26.2 Å². The molecule has 20 heavy (non-hydrogen) atoms. The van der Waals surface area contributed by atoms with E-state index in [0.29, 0.717) is 12.1 Å². The van der Waals surface area contributed by atoms with Gasteiger partial charge in [-0.2, -0.15) is 0 Å². The molecule has 2 saturated carbocycles. The Bertz CT molecular complexity index is 265. The summed E-state index contributed by atoms with van der Waals surface area (Å²) in [5.41, 5.74) is 0. The van der Waals surface area contributed by atoms with Crippen LogP contribution in [0.1, 0.15) is 65.2 Å². The smallest absolute Gasteiger partial charge is 0.0754 e. The molecule has 2 nitrogen and oxygen atoms in total. The molecule has 0 amide bonds. The van der Waals surface area contributed by atoms with Crippen molar-refractivity contribution in [1.29, 1.82) is 0 Å². The average molecular weight is 281 g/mol. The van der Waals surface area contributed by atoms with Gasteiger partial charge in [0.25, 0.3) is 0 Å². The molecule has 2 aliphatic rings. The maximum absolute atomic E-state index is 6.00. The van der Waals surface area contributed by atoms with Gasteiger partial charge >= 0.3 is 0 Å². The van der Waals surface area contributed by atoms with Crippen LogP contribution >= 0.6 is 0 Å². The van der Waals surface area contributed by atoms with Gasteiger partial charge in [-0.05, 0) is 62.8 Å². The van der Waals surface area contributed by atoms with Crippen molar-refractivity contribution in [1.82, 2.24) is 5.32 Å². The maximum atomic E-state index is 6.00. The van der Waals surface area contributed by atoms with E-state index in [0.717, 1.165) is 23.7 Å². The SMILES string of the molecule is CNC(C1CC(C)CC(C)C1)C(OC)C1CCCCC1. The first kappa shape index (κ1) is 16.3. The zero-order valence-electron chi connectivity index (χ0n) is 14.0. The Balaban J connectivity index is 2.03. The van der Waals surface area contributed by atoms with Crippen molar-refractivity contribution in [3.05, 3.63) is 0 Å². The number of likely N-dealkylation sites (N-methyl/N-ethyl adjacent to an activating group) is 1. The molecule has 0 spiro atoms. The lowest BCUT2D eigenvalue weighted by Crippen LogP contribution is -2.50. The molecule has 0 aromatic rings. The Hall–Kier alpha value is -0.0800. The molecular formula is C18H35NO. The molecule has 0 aromatic heterocycles. The second-order valence-electron chi connectivity index (χ2n) is 7.59. The Labute approximate surface area is 126 Å². The molecule has 2 aliphatic carbocycles. The topological polar surface area (TPSA) is 21.3 Å². The summed E-state index contributed by atoms with van der Waals surface area (Å²) in [6.07, 6.45) is 11.6. The lowest BCUT2D eigenvalue weighted by Gasteiger charge is -2.42. The maximum Gasteiger partial charge on any atom is 0.0754 e. The van der Waals surface area contributed by atoms with Gasteiger partial charge in [0.1, 0.15) is 0 Å². The van der Waals surface area contributed by atoms with Gasteiger partial charge in [-0.25, -0.2) is 0 Å². The van der Waals surface area contributed by atoms with Crippen molar-refractivity contribution in [2.75, 3.05) is 14.2 Å². The van der Waals surface area contributed by atoms with Crippen LogP contribution in [0, 0.1) is 23.7 Å². The van der Waals surface area contributed by atoms with Crippen LogP contribution in [0.15, 0.2) is 0 Å². The van der Waals surface area contributed by atoms with E-state index < -0.39 is 0 Å². The van der Waals surface area contributed by atoms with Crippen molar-refractivity contribution >= 4 is 0 Å². The molecule has 0 radical (unpaired) electrons. The summed E-state index contributed by atoms with van der Waals surface area (Å²) in [7, 11) is 4.07. The van der Waals surface area contributed by atoms with E-state index in [1.54, 1.807) is 0 Å². The number of methoxy groups -OCH3 is 1. The molecule has 1 N–H and O–H groups in total. The van der Waals surface area contributed by atoms with E-state index in [9.17, 15) is 0 Å². The Morgan fingerprint density at radius 1 is 0.900 bits per heavy atom. The van der Waals surface area contributed by atoms with Crippen LogP contribution in [-0.4, -0.2) is 26.3 Å². The lowest BCUT2D eigenvalue weighted by atomic mass is 9.70. The van der Waals surface area contributed by atoms with Crippen LogP contribution in [0.2, 0.25) is 0 Å². The summed E-state index contributed by atoms with van der Waals surface area (Å²) in [6.45, 7) is 4.86. The second kappa shape index (κ2) is 7.79. The van der Waals surface area contributed by atoms with E-state index in [1.807, 2.05) is 7.11 Å². The predicted molar refractivity (Wildman–Crippen MR) is 85.9 cm³/mol. The van der Waals surface area contributed by atoms with Crippen molar-refractivity contribution in [3.8, 4) is 0 Å². The summed E-state index contributed by atoms with van der Waals surface area (Å²) in [4.78, 5) is 0. The predicted octanol–water partition coefficient (Wildman–Crippen LogP) is 4.24. The molecule has 2 heteroatoms. The fraction of sp³-hybridized carbons (Fsp3) is 1.00. The first-order valence-electron chi connectivity index (χ1n) is 8.85. The van der Waals surface area contributed by atoms with Crippen LogP contribution in [-0.2, 0) is 4.74 Å². The van der Waals surface area contributed by atoms with Crippen LogP contribution in [0.3, 0.4) is 0 Å². The second-order valence-corrected chi connectivity index (χ2v) is 7.59. The number of rotatable bonds is 5. The third-order valence-electron chi connectivity index (χ3n) is 5.80. The highest BCUT2D eigenvalue weighted by Crippen LogP contribution is 2.38. The van der Waals surface area contributed by atoms with Gasteiger partial charge < -0.3 is 10.1 Å². The highest BCUT2D eigenvalue weighted by molar-refractivity contribution is 4.91.